The fraction of sp³-hybridized carbons (Fsp3) is 0.857. The molecule has 0 rings (SSSR count). The van der Waals surface area contributed by atoms with Crippen LogP contribution in [0.3, 0.4) is 0 Å². The average molecular weight is 230 g/mol. The van der Waals surface area contributed by atoms with E-state index in [1.165, 1.54) is 0 Å². The largest absolute Gasteiger partial charge is 0.476 e. The highest BCUT2D eigenvalue weighted by atomic mass is 32.2. The minimum absolute atomic E-state index is 0.0191. The standard InChI is InChI=1S/C7H12F2O4S/c1-5(2)3-4-14(12,13)7(8,9)6(10)11/h5H,3-4H2,1-2H3,(H,10,11). The summed E-state index contributed by atoms with van der Waals surface area (Å²) in [6, 6.07) is 0. The first-order valence-electron chi connectivity index (χ1n) is 3.94. The van der Waals surface area contributed by atoms with Crippen molar-refractivity contribution >= 4 is 15.8 Å². The average Bonchev–Trinajstić information content (AvgIpc) is 2.00. The van der Waals surface area contributed by atoms with Gasteiger partial charge in [-0.1, -0.05) is 13.8 Å². The maximum Gasteiger partial charge on any atom is 0.439 e. The molecule has 0 radical (unpaired) electrons. The molecule has 0 atom stereocenters. The van der Waals surface area contributed by atoms with Crippen LogP contribution < -0.4 is 0 Å². The van der Waals surface area contributed by atoms with Crippen LogP contribution in [0.4, 0.5) is 8.78 Å². The first-order valence-corrected chi connectivity index (χ1v) is 5.60. The van der Waals surface area contributed by atoms with Crippen LogP contribution in [0.2, 0.25) is 0 Å². The molecule has 7 heteroatoms. The molecular weight excluding hydrogens is 218 g/mol. The predicted molar refractivity (Wildman–Crippen MR) is 45.8 cm³/mol. The van der Waals surface area contributed by atoms with Gasteiger partial charge in [-0.25, -0.2) is 13.2 Å². The first kappa shape index (κ1) is 13.3. The molecule has 0 aromatic heterocycles. The van der Waals surface area contributed by atoms with E-state index in [-0.39, 0.29) is 12.3 Å². The van der Waals surface area contributed by atoms with Gasteiger partial charge in [0.15, 0.2) is 0 Å². The molecule has 14 heavy (non-hydrogen) atoms. The first-order chi connectivity index (χ1) is 6.11. The summed E-state index contributed by atoms with van der Waals surface area (Å²) in [4.78, 5) is 9.98. The third kappa shape index (κ3) is 2.90. The van der Waals surface area contributed by atoms with Crippen molar-refractivity contribution in [2.24, 2.45) is 5.92 Å². The van der Waals surface area contributed by atoms with Crippen LogP contribution in [0.5, 0.6) is 0 Å². The number of hydrogen-bond acceptors (Lipinski definition) is 3. The molecule has 0 amide bonds. The van der Waals surface area contributed by atoms with Crippen LogP contribution in [0.15, 0.2) is 0 Å². The van der Waals surface area contributed by atoms with Gasteiger partial charge in [0.05, 0.1) is 5.75 Å². The molecule has 1 N–H and O–H groups in total. The van der Waals surface area contributed by atoms with Gasteiger partial charge in [0.25, 0.3) is 0 Å². The number of carboxylic acids is 1. The van der Waals surface area contributed by atoms with Crippen molar-refractivity contribution in [1.82, 2.24) is 0 Å². The Morgan fingerprint density at radius 1 is 1.43 bits per heavy atom. The maximum atomic E-state index is 12.6. The second-order valence-electron chi connectivity index (χ2n) is 3.32. The summed E-state index contributed by atoms with van der Waals surface area (Å²) in [5.41, 5.74) is 0. The molecule has 0 saturated carbocycles. The highest BCUT2D eigenvalue weighted by molar-refractivity contribution is 7.93. The molecule has 0 aromatic carbocycles. The number of alkyl halides is 2. The van der Waals surface area contributed by atoms with Crippen LogP contribution in [0.1, 0.15) is 20.3 Å². The quantitative estimate of drug-likeness (QED) is 0.768. The molecule has 0 aliphatic rings. The van der Waals surface area contributed by atoms with E-state index in [1.807, 2.05) is 0 Å². The van der Waals surface area contributed by atoms with Crippen LogP contribution in [-0.4, -0.2) is 30.5 Å². The summed E-state index contributed by atoms with van der Waals surface area (Å²) in [7, 11) is -4.89. The fourth-order valence-corrected chi connectivity index (χ4v) is 1.96. The minimum Gasteiger partial charge on any atom is -0.476 e. The van der Waals surface area contributed by atoms with Crippen LogP contribution in [0.25, 0.3) is 0 Å². The van der Waals surface area contributed by atoms with Crippen LogP contribution in [0, 0.1) is 5.92 Å². The number of sulfone groups is 1. The van der Waals surface area contributed by atoms with Crippen molar-refractivity contribution in [2.75, 3.05) is 5.75 Å². The molecule has 0 aromatic rings. The summed E-state index contributed by atoms with van der Waals surface area (Å²) >= 11 is 0. The number of rotatable bonds is 5. The smallest absolute Gasteiger partial charge is 0.439 e. The zero-order valence-electron chi connectivity index (χ0n) is 7.83. The van der Waals surface area contributed by atoms with Gasteiger partial charge in [0.1, 0.15) is 0 Å². The Hall–Kier alpha value is -0.720. The van der Waals surface area contributed by atoms with E-state index < -0.39 is 26.8 Å². The number of halogens is 2. The van der Waals surface area contributed by atoms with Gasteiger partial charge in [-0.05, 0) is 12.3 Å². The van der Waals surface area contributed by atoms with Gasteiger partial charge < -0.3 is 5.11 Å². The van der Waals surface area contributed by atoms with Gasteiger partial charge in [-0.3, -0.25) is 0 Å². The van der Waals surface area contributed by atoms with E-state index in [0.29, 0.717) is 0 Å². The van der Waals surface area contributed by atoms with Gasteiger partial charge in [-0.2, -0.15) is 8.78 Å². The Bertz CT molecular complexity index is 308. The zero-order chi connectivity index (χ0) is 11.6. The van der Waals surface area contributed by atoms with Gasteiger partial charge >= 0.3 is 11.2 Å². The Morgan fingerprint density at radius 3 is 2.14 bits per heavy atom. The lowest BCUT2D eigenvalue weighted by Crippen LogP contribution is -2.39. The van der Waals surface area contributed by atoms with Crippen molar-refractivity contribution in [3.05, 3.63) is 0 Å². The van der Waals surface area contributed by atoms with Gasteiger partial charge in [0.2, 0.25) is 9.84 Å². The summed E-state index contributed by atoms with van der Waals surface area (Å²) in [6.07, 6.45) is 0.0191. The van der Waals surface area contributed by atoms with Crippen molar-refractivity contribution in [3.8, 4) is 0 Å². The molecule has 0 heterocycles. The predicted octanol–water partition coefficient (Wildman–Crippen LogP) is 1.12. The molecule has 0 aliphatic heterocycles. The van der Waals surface area contributed by atoms with E-state index in [4.69, 9.17) is 5.11 Å². The molecule has 0 saturated heterocycles. The van der Waals surface area contributed by atoms with Crippen LogP contribution in [-0.2, 0) is 14.6 Å². The van der Waals surface area contributed by atoms with E-state index in [1.54, 1.807) is 13.8 Å². The van der Waals surface area contributed by atoms with Gasteiger partial charge in [0, 0.05) is 0 Å². The molecular formula is C7H12F2O4S. The Balaban J connectivity index is 4.71. The maximum absolute atomic E-state index is 12.6. The van der Waals surface area contributed by atoms with Crippen molar-refractivity contribution in [1.29, 1.82) is 0 Å². The summed E-state index contributed by atoms with van der Waals surface area (Å²) < 4.78 is 46.9. The van der Waals surface area contributed by atoms with E-state index in [9.17, 15) is 22.0 Å². The van der Waals surface area contributed by atoms with Crippen molar-refractivity contribution < 1.29 is 27.1 Å². The van der Waals surface area contributed by atoms with Gasteiger partial charge in [-0.15, -0.1) is 0 Å². The molecule has 4 nitrogen and oxygen atoms in total. The SMILES string of the molecule is CC(C)CCS(=O)(=O)C(F)(F)C(=O)O. The Morgan fingerprint density at radius 2 is 1.86 bits per heavy atom. The zero-order valence-corrected chi connectivity index (χ0v) is 8.64. The van der Waals surface area contributed by atoms with Crippen LogP contribution >= 0.6 is 0 Å². The number of carbonyl (C=O) groups is 1. The second kappa shape index (κ2) is 4.20. The Kier molecular flexibility index (Phi) is 3.99. The summed E-state index contributed by atoms with van der Waals surface area (Å²) in [5, 5.41) is 3.33. The monoisotopic (exact) mass is 230 g/mol. The number of carboxylic acid groups (broad SMARTS) is 1. The van der Waals surface area contributed by atoms with E-state index in [2.05, 4.69) is 0 Å². The molecule has 0 fully saturated rings. The summed E-state index contributed by atoms with van der Waals surface area (Å²) in [6.45, 7) is 3.32. The fourth-order valence-electron chi connectivity index (χ4n) is 0.652. The number of hydrogen-bond donors (Lipinski definition) is 1. The molecule has 0 aliphatic carbocycles. The molecule has 0 unspecified atom stereocenters. The lowest BCUT2D eigenvalue weighted by molar-refractivity contribution is -0.153. The summed E-state index contributed by atoms with van der Waals surface area (Å²) in [5.74, 6) is -3.51. The van der Waals surface area contributed by atoms with Crippen molar-refractivity contribution in [3.63, 3.8) is 0 Å². The lowest BCUT2D eigenvalue weighted by Gasteiger charge is -2.12. The number of aliphatic carboxylic acids is 1. The normalized spacial score (nSPS) is 13.2. The third-order valence-corrected chi connectivity index (χ3v) is 3.33. The van der Waals surface area contributed by atoms with E-state index in [0.717, 1.165) is 0 Å². The second-order valence-corrected chi connectivity index (χ2v) is 5.47. The van der Waals surface area contributed by atoms with E-state index >= 15 is 0 Å². The van der Waals surface area contributed by atoms with Crippen molar-refractivity contribution in [2.45, 2.75) is 25.5 Å². The lowest BCUT2D eigenvalue weighted by atomic mass is 10.2. The minimum atomic E-state index is -4.89. The third-order valence-electron chi connectivity index (χ3n) is 1.60. The topological polar surface area (TPSA) is 71.4 Å². The highest BCUT2D eigenvalue weighted by Gasteiger charge is 2.52. The Labute approximate surface area is 80.8 Å². The molecule has 0 bridgehead atoms. The highest BCUT2D eigenvalue weighted by Crippen LogP contribution is 2.24. The molecule has 0 spiro atoms. The molecule has 84 valence electrons.